The molecule has 1 fully saturated rings. The van der Waals surface area contributed by atoms with Crippen molar-refractivity contribution in [3.8, 4) is 0 Å². The Morgan fingerprint density at radius 2 is 2.08 bits per heavy atom. The largest absolute Gasteiger partial charge is 0.375 e. The monoisotopic (exact) mass is 378 g/mol. The van der Waals surface area contributed by atoms with E-state index >= 15 is 0 Å². The van der Waals surface area contributed by atoms with E-state index < -0.39 is 0 Å². The van der Waals surface area contributed by atoms with E-state index in [1.54, 1.807) is 0 Å². The molecule has 1 N–H and O–H groups in total. The lowest BCUT2D eigenvalue weighted by atomic mass is 10.1. The second kappa shape index (κ2) is 8.52. The van der Waals surface area contributed by atoms with Crippen LogP contribution in [-0.2, 0) is 29.5 Å². The van der Waals surface area contributed by atoms with Crippen LogP contribution in [0.5, 0.6) is 0 Å². The van der Waals surface area contributed by atoms with Crippen molar-refractivity contribution in [2.75, 3.05) is 19.7 Å². The Labute approximate surface area is 156 Å². The number of fused-ring (bicyclic) bond motifs is 1. The second-order valence-electron chi connectivity index (χ2n) is 6.59. The summed E-state index contributed by atoms with van der Waals surface area (Å²) in [5.41, 5.74) is 2.32. The Kier molecular flexibility index (Phi) is 7.53. The first-order chi connectivity index (χ1) is 10.5. The average Bonchev–Trinajstić information content (AvgIpc) is 2.84. The number of aromatic nitrogens is 2. The van der Waals surface area contributed by atoms with E-state index in [-0.39, 0.29) is 42.9 Å². The van der Waals surface area contributed by atoms with Crippen LogP contribution in [0.15, 0.2) is 0 Å². The molecular weight excluding hydrogens is 351 g/mol. The number of morpholine rings is 1. The van der Waals surface area contributed by atoms with E-state index in [2.05, 4.69) is 30.8 Å². The molecule has 0 radical (unpaired) electrons. The third-order valence-corrected chi connectivity index (χ3v) is 4.70. The molecule has 3 rings (SSSR count). The molecule has 1 amide bonds. The maximum Gasteiger partial charge on any atom is 0.242 e. The predicted molar refractivity (Wildman–Crippen MR) is 98.1 cm³/mol. The summed E-state index contributed by atoms with van der Waals surface area (Å²) < 4.78 is 7.80. The van der Waals surface area contributed by atoms with E-state index in [0.717, 1.165) is 31.0 Å². The fourth-order valence-electron chi connectivity index (χ4n) is 3.46. The van der Waals surface area contributed by atoms with Crippen molar-refractivity contribution in [2.24, 2.45) is 7.05 Å². The fourth-order valence-corrected chi connectivity index (χ4v) is 3.46. The first kappa shape index (κ1) is 21.2. The highest BCUT2D eigenvalue weighted by atomic mass is 35.5. The van der Waals surface area contributed by atoms with E-state index in [9.17, 15) is 4.79 Å². The molecule has 0 bridgehead atoms. The standard InChI is InChI=1S/C16H26N4O2.2ClH/c1-10(2)15-18-12-9-20(7-5-13(12)19(15)4)16(21)14-11(3)22-8-6-17-14;;/h10-11,14,17H,5-9H2,1-4H3;2*1H/t11-,14+;;/m1../s1. The highest BCUT2D eigenvalue weighted by molar-refractivity contribution is 5.85. The SMILES string of the molecule is CC(C)c1nc2c(n1C)CCN(C(=O)[C@H]1NCCO[C@@H]1C)C2.Cl.Cl. The molecular formula is C16H28Cl2N4O2. The molecule has 0 unspecified atom stereocenters. The topological polar surface area (TPSA) is 59.4 Å². The molecule has 1 aromatic heterocycles. The quantitative estimate of drug-likeness (QED) is 0.849. The highest BCUT2D eigenvalue weighted by Crippen LogP contribution is 2.24. The van der Waals surface area contributed by atoms with Gasteiger partial charge in [-0.15, -0.1) is 24.8 Å². The molecule has 2 aliphatic heterocycles. The van der Waals surface area contributed by atoms with Crippen LogP contribution in [0.2, 0.25) is 0 Å². The number of nitrogens with zero attached hydrogens (tertiary/aromatic N) is 3. The molecule has 0 saturated carbocycles. The van der Waals surface area contributed by atoms with Crippen LogP contribution in [-0.4, -0.2) is 52.2 Å². The zero-order chi connectivity index (χ0) is 15.9. The van der Waals surface area contributed by atoms with Gasteiger partial charge in [0.05, 0.1) is 24.9 Å². The fraction of sp³-hybridized carbons (Fsp3) is 0.750. The minimum absolute atomic E-state index is 0. The van der Waals surface area contributed by atoms with Gasteiger partial charge in [0.15, 0.2) is 0 Å². The molecule has 1 aromatic rings. The molecule has 3 heterocycles. The Bertz CT molecular complexity index is 577. The summed E-state index contributed by atoms with van der Waals surface area (Å²) in [5, 5.41) is 3.28. The van der Waals surface area contributed by atoms with Gasteiger partial charge in [-0.2, -0.15) is 0 Å². The molecule has 2 atom stereocenters. The van der Waals surface area contributed by atoms with Crippen LogP contribution in [0, 0.1) is 0 Å². The first-order valence-electron chi connectivity index (χ1n) is 8.17. The van der Waals surface area contributed by atoms with Crippen molar-refractivity contribution in [3.05, 3.63) is 17.2 Å². The van der Waals surface area contributed by atoms with Crippen LogP contribution in [0.25, 0.3) is 0 Å². The van der Waals surface area contributed by atoms with Crippen LogP contribution in [0.3, 0.4) is 0 Å². The summed E-state index contributed by atoms with van der Waals surface area (Å²) in [5.74, 6) is 1.63. The number of carbonyl (C=O) groups excluding carboxylic acids is 1. The zero-order valence-electron chi connectivity index (χ0n) is 14.7. The van der Waals surface area contributed by atoms with Gasteiger partial charge in [0.1, 0.15) is 11.9 Å². The number of ether oxygens (including phenoxy) is 1. The van der Waals surface area contributed by atoms with Crippen molar-refractivity contribution < 1.29 is 9.53 Å². The third kappa shape index (κ3) is 3.87. The summed E-state index contributed by atoms with van der Waals surface area (Å²) in [6.45, 7) is 9.05. The molecule has 6 nitrogen and oxygen atoms in total. The van der Waals surface area contributed by atoms with E-state index in [4.69, 9.17) is 9.72 Å². The Balaban J connectivity index is 0.00000144. The van der Waals surface area contributed by atoms with Gasteiger partial charge >= 0.3 is 0 Å². The Morgan fingerprint density at radius 3 is 2.71 bits per heavy atom. The molecule has 2 aliphatic rings. The van der Waals surface area contributed by atoms with Crippen LogP contribution >= 0.6 is 24.8 Å². The van der Waals surface area contributed by atoms with Gasteiger partial charge in [-0.1, -0.05) is 13.8 Å². The lowest BCUT2D eigenvalue weighted by Crippen LogP contribution is -2.57. The third-order valence-electron chi connectivity index (χ3n) is 4.70. The van der Waals surface area contributed by atoms with Gasteiger partial charge in [0.2, 0.25) is 5.91 Å². The van der Waals surface area contributed by atoms with Crippen LogP contribution in [0.1, 0.15) is 43.9 Å². The highest BCUT2D eigenvalue weighted by Gasteiger charge is 2.34. The molecule has 138 valence electrons. The number of hydrogen-bond acceptors (Lipinski definition) is 4. The maximum absolute atomic E-state index is 12.7. The van der Waals surface area contributed by atoms with Crippen LogP contribution < -0.4 is 5.32 Å². The minimum Gasteiger partial charge on any atom is -0.375 e. The van der Waals surface area contributed by atoms with Crippen molar-refractivity contribution in [3.63, 3.8) is 0 Å². The number of amides is 1. The summed E-state index contributed by atoms with van der Waals surface area (Å²) in [7, 11) is 2.08. The lowest BCUT2D eigenvalue weighted by Gasteiger charge is -2.35. The molecule has 0 aliphatic carbocycles. The number of halogens is 2. The Morgan fingerprint density at radius 1 is 1.38 bits per heavy atom. The first-order valence-corrected chi connectivity index (χ1v) is 8.17. The van der Waals surface area contributed by atoms with Crippen LogP contribution in [0.4, 0.5) is 0 Å². The normalized spacial score (nSPS) is 23.3. The maximum atomic E-state index is 12.7. The van der Waals surface area contributed by atoms with Gasteiger partial charge in [-0.3, -0.25) is 4.79 Å². The predicted octanol–water partition coefficient (Wildman–Crippen LogP) is 1.65. The average molecular weight is 379 g/mol. The van der Waals surface area contributed by atoms with Gasteiger partial charge < -0.3 is 19.5 Å². The van der Waals surface area contributed by atoms with E-state index in [1.807, 2.05) is 11.8 Å². The number of rotatable bonds is 2. The van der Waals surface area contributed by atoms with Gasteiger partial charge in [-0.05, 0) is 6.92 Å². The molecule has 8 heteroatoms. The number of imidazole rings is 1. The smallest absolute Gasteiger partial charge is 0.242 e. The number of nitrogens with one attached hydrogen (secondary N) is 1. The van der Waals surface area contributed by atoms with E-state index in [1.165, 1.54) is 5.69 Å². The number of hydrogen-bond donors (Lipinski definition) is 1. The zero-order valence-corrected chi connectivity index (χ0v) is 16.4. The van der Waals surface area contributed by atoms with Gasteiger partial charge in [0, 0.05) is 38.2 Å². The van der Waals surface area contributed by atoms with Crippen molar-refractivity contribution >= 4 is 30.7 Å². The summed E-state index contributed by atoms with van der Waals surface area (Å²) in [6, 6.07) is -0.233. The molecule has 0 spiro atoms. The van der Waals surface area contributed by atoms with Gasteiger partial charge in [-0.25, -0.2) is 4.98 Å². The second-order valence-corrected chi connectivity index (χ2v) is 6.59. The van der Waals surface area contributed by atoms with Crippen molar-refractivity contribution in [1.82, 2.24) is 19.8 Å². The Hall–Kier alpha value is -0.820. The summed E-state index contributed by atoms with van der Waals surface area (Å²) in [4.78, 5) is 19.4. The van der Waals surface area contributed by atoms with Crippen molar-refractivity contribution in [1.29, 1.82) is 0 Å². The van der Waals surface area contributed by atoms with Crippen molar-refractivity contribution in [2.45, 2.75) is 51.8 Å². The van der Waals surface area contributed by atoms with E-state index in [0.29, 0.717) is 19.1 Å². The number of carbonyl (C=O) groups is 1. The summed E-state index contributed by atoms with van der Waals surface area (Å²) in [6.07, 6.45) is 0.803. The molecule has 1 saturated heterocycles. The molecule has 0 aromatic carbocycles. The molecule has 24 heavy (non-hydrogen) atoms. The van der Waals surface area contributed by atoms with Gasteiger partial charge in [0.25, 0.3) is 0 Å². The minimum atomic E-state index is -0.233. The summed E-state index contributed by atoms with van der Waals surface area (Å²) >= 11 is 0. The lowest BCUT2D eigenvalue weighted by molar-refractivity contribution is -0.140.